The van der Waals surface area contributed by atoms with Gasteiger partial charge in [0.1, 0.15) is 5.69 Å². The molecule has 2 aromatic rings. The Kier molecular flexibility index (Phi) is 4.29. The Bertz CT molecular complexity index is 628. The molecule has 0 saturated carbocycles. The zero-order chi connectivity index (χ0) is 13.7. The van der Waals surface area contributed by atoms with Crippen molar-refractivity contribution >= 4 is 22.9 Å². The first-order chi connectivity index (χ1) is 9.22. The number of nitrogens with zero attached hydrogens (tertiary/aromatic N) is 1. The maximum absolute atomic E-state index is 12.0. The third-order valence-corrected chi connectivity index (χ3v) is 3.34. The van der Waals surface area contributed by atoms with Gasteiger partial charge in [0, 0.05) is 23.1 Å². The van der Waals surface area contributed by atoms with Crippen molar-refractivity contribution in [3.63, 3.8) is 0 Å². The molecule has 0 aliphatic carbocycles. The minimum absolute atomic E-state index is 0.242. The minimum Gasteiger partial charge on any atom is -0.330 e. The van der Waals surface area contributed by atoms with Crippen LogP contribution in [0.5, 0.6) is 0 Å². The molecule has 0 atom stereocenters. The van der Waals surface area contributed by atoms with E-state index in [2.05, 4.69) is 16.2 Å². The number of anilines is 1. The Labute approximate surface area is 115 Å². The van der Waals surface area contributed by atoms with Gasteiger partial charge in [-0.2, -0.15) is 0 Å². The predicted molar refractivity (Wildman–Crippen MR) is 77.2 cm³/mol. The number of hydrogen-bond donors (Lipinski definition) is 2. The fraction of sp³-hybridized carbons (Fsp3) is 0.143. The summed E-state index contributed by atoms with van der Waals surface area (Å²) in [6.45, 7) is 0.527. The number of benzene rings is 1. The van der Waals surface area contributed by atoms with Crippen LogP contribution < -0.4 is 11.1 Å². The van der Waals surface area contributed by atoms with Gasteiger partial charge in [0.2, 0.25) is 0 Å². The average molecular weight is 271 g/mol. The van der Waals surface area contributed by atoms with Crippen LogP contribution in [0.2, 0.25) is 0 Å². The predicted octanol–water partition coefficient (Wildman–Crippen LogP) is 1.88. The molecule has 0 radical (unpaired) electrons. The number of nitrogens with two attached hydrogens (primary N) is 1. The van der Waals surface area contributed by atoms with Gasteiger partial charge in [-0.15, -0.1) is 17.8 Å². The number of carbonyl (C=O) groups is 1. The smallest absolute Gasteiger partial charge is 0.275 e. The Balaban J connectivity index is 2.09. The van der Waals surface area contributed by atoms with E-state index in [9.17, 15) is 4.79 Å². The zero-order valence-corrected chi connectivity index (χ0v) is 11.0. The van der Waals surface area contributed by atoms with Gasteiger partial charge in [-0.25, -0.2) is 4.98 Å². The summed E-state index contributed by atoms with van der Waals surface area (Å²) in [5, 5.41) is 5.36. The van der Waals surface area contributed by atoms with E-state index in [0.29, 0.717) is 24.3 Å². The summed E-state index contributed by atoms with van der Waals surface area (Å²) in [6, 6.07) is 7.13. The molecule has 3 N–H and O–H groups in total. The normalized spacial score (nSPS) is 9.89. The molecular formula is C14H13N3OS. The van der Waals surface area contributed by atoms with Crippen LogP contribution in [0.25, 0.3) is 0 Å². The van der Waals surface area contributed by atoms with E-state index in [4.69, 9.17) is 12.2 Å². The van der Waals surface area contributed by atoms with Gasteiger partial charge in [-0.05, 0) is 24.7 Å². The lowest BCUT2D eigenvalue weighted by molar-refractivity contribution is 0.102. The average Bonchev–Trinajstić information content (AvgIpc) is 2.88. The number of thiazole rings is 1. The summed E-state index contributed by atoms with van der Waals surface area (Å²) in [4.78, 5) is 16.2. The molecule has 19 heavy (non-hydrogen) atoms. The molecule has 2 rings (SSSR count). The quantitative estimate of drug-likeness (QED) is 0.834. The molecule has 1 aromatic carbocycles. The van der Waals surface area contributed by atoms with Crippen LogP contribution in [0.4, 0.5) is 5.69 Å². The van der Waals surface area contributed by atoms with Crippen molar-refractivity contribution in [1.29, 1.82) is 0 Å². The molecule has 1 aromatic heterocycles. The van der Waals surface area contributed by atoms with Crippen molar-refractivity contribution in [3.05, 3.63) is 45.9 Å². The highest BCUT2D eigenvalue weighted by Crippen LogP contribution is 2.14. The topological polar surface area (TPSA) is 68.0 Å². The molecule has 1 heterocycles. The number of hydrogen-bond acceptors (Lipinski definition) is 4. The first kappa shape index (κ1) is 13.3. The van der Waals surface area contributed by atoms with Gasteiger partial charge in [0.15, 0.2) is 0 Å². The summed E-state index contributed by atoms with van der Waals surface area (Å²) < 4.78 is 0. The highest BCUT2D eigenvalue weighted by molar-refractivity contribution is 7.09. The largest absolute Gasteiger partial charge is 0.330 e. The molecule has 0 unspecified atom stereocenters. The number of amides is 1. The molecule has 1 amide bonds. The van der Waals surface area contributed by atoms with E-state index < -0.39 is 0 Å². The summed E-state index contributed by atoms with van der Waals surface area (Å²) >= 11 is 1.44. The van der Waals surface area contributed by atoms with Crippen LogP contribution >= 0.6 is 11.3 Å². The Morgan fingerprint density at radius 1 is 1.53 bits per heavy atom. The second kappa shape index (κ2) is 6.14. The SMILES string of the molecule is C#Cc1cccc(NC(=O)c2csc(CCN)n2)c1. The molecule has 5 heteroatoms. The third kappa shape index (κ3) is 3.41. The molecule has 0 fully saturated rings. The van der Waals surface area contributed by atoms with Crippen molar-refractivity contribution in [3.8, 4) is 12.3 Å². The third-order valence-electron chi connectivity index (χ3n) is 2.43. The fourth-order valence-electron chi connectivity index (χ4n) is 1.54. The lowest BCUT2D eigenvalue weighted by Crippen LogP contribution is -2.12. The van der Waals surface area contributed by atoms with Crippen LogP contribution in [0.3, 0.4) is 0 Å². The van der Waals surface area contributed by atoms with E-state index in [1.54, 1.807) is 29.6 Å². The first-order valence-electron chi connectivity index (χ1n) is 5.75. The second-order valence-corrected chi connectivity index (χ2v) is 4.79. The monoisotopic (exact) mass is 271 g/mol. The van der Waals surface area contributed by atoms with Gasteiger partial charge in [0.25, 0.3) is 5.91 Å². The van der Waals surface area contributed by atoms with Gasteiger partial charge < -0.3 is 11.1 Å². The first-order valence-corrected chi connectivity index (χ1v) is 6.63. The summed E-state index contributed by atoms with van der Waals surface area (Å²) in [5.41, 5.74) is 7.23. The Morgan fingerprint density at radius 2 is 2.37 bits per heavy atom. The van der Waals surface area contributed by atoms with Crippen LogP contribution in [0.1, 0.15) is 21.1 Å². The van der Waals surface area contributed by atoms with E-state index in [1.807, 2.05) is 0 Å². The summed E-state index contributed by atoms with van der Waals surface area (Å²) in [6.07, 6.45) is 6.00. The van der Waals surface area contributed by atoms with Crippen molar-refractivity contribution in [1.82, 2.24) is 4.98 Å². The van der Waals surface area contributed by atoms with Crippen LogP contribution in [-0.4, -0.2) is 17.4 Å². The number of carbonyl (C=O) groups excluding carboxylic acids is 1. The summed E-state index contributed by atoms with van der Waals surface area (Å²) in [5.74, 6) is 2.28. The van der Waals surface area contributed by atoms with E-state index in [1.165, 1.54) is 11.3 Å². The van der Waals surface area contributed by atoms with E-state index >= 15 is 0 Å². The lowest BCUT2D eigenvalue weighted by Gasteiger charge is -2.03. The molecular weight excluding hydrogens is 258 g/mol. The highest BCUT2D eigenvalue weighted by Gasteiger charge is 2.10. The van der Waals surface area contributed by atoms with E-state index in [-0.39, 0.29) is 5.91 Å². The maximum Gasteiger partial charge on any atom is 0.275 e. The fourth-order valence-corrected chi connectivity index (χ4v) is 2.33. The van der Waals surface area contributed by atoms with Crippen molar-refractivity contribution in [2.45, 2.75) is 6.42 Å². The van der Waals surface area contributed by atoms with Crippen molar-refractivity contribution in [2.75, 3.05) is 11.9 Å². The highest BCUT2D eigenvalue weighted by atomic mass is 32.1. The second-order valence-electron chi connectivity index (χ2n) is 3.84. The van der Waals surface area contributed by atoms with Gasteiger partial charge >= 0.3 is 0 Å². The Morgan fingerprint density at radius 3 is 3.11 bits per heavy atom. The number of terminal acetylenes is 1. The van der Waals surface area contributed by atoms with Crippen LogP contribution in [0, 0.1) is 12.3 Å². The molecule has 96 valence electrons. The number of aromatic nitrogens is 1. The molecule has 0 aliphatic heterocycles. The van der Waals surface area contributed by atoms with Gasteiger partial charge in [-0.3, -0.25) is 4.79 Å². The molecule has 0 saturated heterocycles. The molecule has 0 bridgehead atoms. The van der Waals surface area contributed by atoms with Gasteiger partial charge in [0.05, 0.1) is 5.01 Å². The molecule has 0 aliphatic rings. The standard InChI is InChI=1S/C14H13N3OS/c1-2-10-4-3-5-11(8-10)16-14(18)12-9-19-13(17-12)6-7-15/h1,3-5,8-9H,6-7,15H2,(H,16,18). The summed E-state index contributed by atoms with van der Waals surface area (Å²) in [7, 11) is 0. The van der Waals surface area contributed by atoms with Crippen molar-refractivity contribution < 1.29 is 4.79 Å². The molecule has 0 spiro atoms. The molecule has 4 nitrogen and oxygen atoms in total. The zero-order valence-electron chi connectivity index (χ0n) is 10.2. The van der Waals surface area contributed by atoms with E-state index in [0.717, 1.165) is 10.6 Å². The minimum atomic E-state index is -0.242. The number of rotatable bonds is 4. The lowest BCUT2D eigenvalue weighted by atomic mass is 10.2. The van der Waals surface area contributed by atoms with Crippen molar-refractivity contribution in [2.24, 2.45) is 5.73 Å². The van der Waals surface area contributed by atoms with Crippen LogP contribution in [0.15, 0.2) is 29.6 Å². The van der Waals surface area contributed by atoms with Gasteiger partial charge in [-0.1, -0.05) is 12.0 Å². The number of nitrogens with one attached hydrogen (secondary N) is 1. The van der Waals surface area contributed by atoms with Crippen LogP contribution in [-0.2, 0) is 6.42 Å². The Hall–Kier alpha value is -2.16. The maximum atomic E-state index is 12.0.